The van der Waals surface area contributed by atoms with Gasteiger partial charge >= 0.3 is 0 Å². The summed E-state index contributed by atoms with van der Waals surface area (Å²) in [7, 11) is 0. The van der Waals surface area contributed by atoms with Gasteiger partial charge in [0, 0.05) is 31.8 Å². The third-order valence-corrected chi connectivity index (χ3v) is 6.81. The van der Waals surface area contributed by atoms with Crippen molar-refractivity contribution in [1.82, 2.24) is 10.6 Å². The third kappa shape index (κ3) is 5.59. The van der Waals surface area contributed by atoms with Crippen molar-refractivity contribution >= 4 is 5.91 Å². The minimum atomic E-state index is -0.361. The van der Waals surface area contributed by atoms with Crippen molar-refractivity contribution in [2.75, 3.05) is 26.3 Å². The van der Waals surface area contributed by atoms with Gasteiger partial charge in [-0.2, -0.15) is 0 Å². The van der Waals surface area contributed by atoms with Crippen LogP contribution in [0.3, 0.4) is 0 Å². The standard InChI is InChI=1S/C24H38N2O3/c1-4-19(2)21-7-5-8-22(10-9-21)23(26-16-6-15-25-20(3)27)11-13-24(14-12-23)28-17-18-29-24/h5,7-9,19,26H,4,6,10-18H2,1-3H3,(H,25,27). The number of hydrogen-bond acceptors (Lipinski definition) is 4. The van der Waals surface area contributed by atoms with E-state index in [1.165, 1.54) is 11.1 Å². The number of rotatable bonds is 8. The molecule has 1 saturated heterocycles. The van der Waals surface area contributed by atoms with Crippen LogP contribution in [0.1, 0.15) is 65.7 Å². The summed E-state index contributed by atoms with van der Waals surface area (Å²) < 4.78 is 12.0. The SMILES string of the molecule is CCC(C)C1=CCC(C2(NCCCNC(C)=O)CCC3(CC2)OCCO3)=CC=C1. The molecule has 29 heavy (non-hydrogen) atoms. The van der Waals surface area contributed by atoms with Crippen LogP contribution in [0, 0.1) is 5.92 Å². The Hall–Kier alpha value is -1.43. The number of amides is 1. The highest BCUT2D eigenvalue weighted by Gasteiger charge is 2.47. The Bertz CT molecular complexity index is 649. The molecule has 0 radical (unpaired) electrons. The second-order valence-corrected chi connectivity index (χ2v) is 8.72. The predicted molar refractivity (Wildman–Crippen MR) is 117 cm³/mol. The van der Waals surface area contributed by atoms with Crippen LogP contribution in [0.25, 0.3) is 0 Å². The van der Waals surface area contributed by atoms with E-state index in [-0.39, 0.29) is 17.2 Å². The Morgan fingerprint density at radius 2 is 1.90 bits per heavy atom. The zero-order valence-corrected chi connectivity index (χ0v) is 18.4. The summed E-state index contributed by atoms with van der Waals surface area (Å²) in [6.45, 7) is 9.15. The Morgan fingerprint density at radius 1 is 1.17 bits per heavy atom. The van der Waals surface area contributed by atoms with E-state index in [1.54, 1.807) is 6.92 Å². The van der Waals surface area contributed by atoms with E-state index in [1.807, 2.05) is 0 Å². The monoisotopic (exact) mass is 402 g/mol. The van der Waals surface area contributed by atoms with E-state index in [2.05, 4.69) is 48.8 Å². The first-order valence-electron chi connectivity index (χ1n) is 11.3. The number of hydrogen-bond donors (Lipinski definition) is 2. The molecule has 1 spiro atoms. The maximum atomic E-state index is 11.1. The van der Waals surface area contributed by atoms with Gasteiger partial charge in [0.1, 0.15) is 0 Å². The fourth-order valence-electron chi connectivity index (χ4n) is 4.73. The van der Waals surface area contributed by atoms with Crippen molar-refractivity contribution in [2.45, 2.75) is 77.0 Å². The molecule has 2 aliphatic carbocycles. The van der Waals surface area contributed by atoms with Crippen LogP contribution in [0.5, 0.6) is 0 Å². The molecule has 0 aromatic carbocycles. The molecule has 2 N–H and O–H groups in total. The highest BCUT2D eigenvalue weighted by atomic mass is 16.7. The number of nitrogens with one attached hydrogen (secondary N) is 2. The average Bonchev–Trinajstić information content (AvgIpc) is 3.02. The van der Waals surface area contributed by atoms with Gasteiger partial charge in [-0.3, -0.25) is 4.79 Å². The van der Waals surface area contributed by atoms with Crippen LogP contribution in [0.2, 0.25) is 0 Å². The van der Waals surface area contributed by atoms with E-state index in [0.29, 0.717) is 25.7 Å². The maximum absolute atomic E-state index is 11.1. The fraction of sp³-hybridized carbons (Fsp3) is 0.708. The molecule has 1 aliphatic heterocycles. The molecule has 0 aromatic rings. The number of carbonyl (C=O) groups is 1. The third-order valence-electron chi connectivity index (χ3n) is 6.81. The minimum Gasteiger partial charge on any atom is -0.356 e. The molecular weight excluding hydrogens is 364 g/mol. The topological polar surface area (TPSA) is 59.6 Å². The molecule has 2 fully saturated rings. The Morgan fingerprint density at radius 3 is 2.55 bits per heavy atom. The van der Waals surface area contributed by atoms with Crippen LogP contribution in [0.15, 0.2) is 35.5 Å². The second-order valence-electron chi connectivity index (χ2n) is 8.72. The molecular formula is C24H38N2O3. The van der Waals surface area contributed by atoms with E-state index in [9.17, 15) is 4.79 Å². The molecule has 162 valence electrons. The number of allylic oxidation sites excluding steroid dienone is 5. The molecule has 1 saturated carbocycles. The van der Waals surface area contributed by atoms with Gasteiger partial charge in [0.05, 0.1) is 13.2 Å². The zero-order valence-electron chi connectivity index (χ0n) is 18.4. The van der Waals surface area contributed by atoms with Crippen LogP contribution in [-0.4, -0.2) is 43.5 Å². The molecule has 0 aromatic heterocycles. The van der Waals surface area contributed by atoms with Crippen molar-refractivity contribution < 1.29 is 14.3 Å². The molecule has 3 aliphatic rings. The summed E-state index contributed by atoms with van der Waals surface area (Å²) in [5.74, 6) is 0.268. The van der Waals surface area contributed by atoms with E-state index in [0.717, 1.165) is 51.5 Å². The zero-order chi connectivity index (χ0) is 20.7. The van der Waals surface area contributed by atoms with Gasteiger partial charge in [0.15, 0.2) is 5.79 Å². The maximum Gasteiger partial charge on any atom is 0.216 e. The van der Waals surface area contributed by atoms with Gasteiger partial charge in [-0.1, -0.05) is 38.2 Å². The summed E-state index contributed by atoms with van der Waals surface area (Å²) >= 11 is 0. The Balaban J connectivity index is 1.69. The van der Waals surface area contributed by atoms with Gasteiger partial charge < -0.3 is 20.1 Å². The Kier molecular flexibility index (Phi) is 7.72. The normalized spacial score (nSPS) is 24.0. The predicted octanol–water partition coefficient (Wildman–Crippen LogP) is 4.02. The van der Waals surface area contributed by atoms with Gasteiger partial charge in [-0.15, -0.1) is 0 Å². The van der Waals surface area contributed by atoms with Gasteiger partial charge in [0.25, 0.3) is 0 Å². The van der Waals surface area contributed by atoms with E-state index < -0.39 is 0 Å². The van der Waals surface area contributed by atoms with Crippen LogP contribution in [-0.2, 0) is 14.3 Å². The first-order valence-corrected chi connectivity index (χ1v) is 11.3. The van der Waals surface area contributed by atoms with Gasteiger partial charge in [-0.25, -0.2) is 0 Å². The molecule has 5 heteroatoms. The van der Waals surface area contributed by atoms with Crippen LogP contribution < -0.4 is 10.6 Å². The molecule has 1 atom stereocenters. The van der Waals surface area contributed by atoms with E-state index in [4.69, 9.17) is 9.47 Å². The Labute approximate surface area is 176 Å². The lowest BCUT2D eigenvalue weighted by Gasteiger charge is -2.46. The quantitative estimate of drug-likeness (QED) is 0.602. The summed E-state index contributed by atoms with van der Waals surface area (Å²) in [5.41, 5.74) is 2.87. The summed E-state index contributed by atoms with van der Waals surface area (Å²) in [5, 5.41) is 6.77. The fourth-order valence-corrected chi connectivity index (χ4v) is 4.73. The lowest BCUT2D eigenvalue weighted by atomic mass is 9.72. The largest absolute Gasteiger partial charge is 0.356 e. The summed E-state index contributed by atoms with van der Waals surface area (Å²) in [4.78, 5) is 11.1. The summed E-state index contributed by atoms with van der Waals surface area (Å²) in [6.07, 6.45) is 16.2. The number of ether oxygens (including phenoxy) is 2. The van der Waals surface area contributed by atoms with Crippen molar-refractivity contribution in [3.8, 4) is 0 Å². The van der Waals surface area contributed by atoms with Crippen LogP contribution in [0.4, 0.5) is 0 Å². The number of carbonyl (C=O) groups excluding carboxylic acids is 1. The molecule has 0 bridgehead atoms. The summed E-state index contributed by atoms with van der Waals surface area (Å²) in [6, 6.07) is 0. The van der Waals surface area contributed by atoms with Crippen molar-refractivity contribution in [1.29, 1.82) is 0 Å². The lowest BCUT2D eigenvalue weighted by molar-refractivity contribution is -0.184. The first kappa shape index (κ1) is 22.3. The molecule has 3 rings (SSSR count). The van der Waals surface area contributed by atoms with Crippen molar-refractivity contribution in [2.24, 2.45) is 5.92 Å². The van der Waals surface area contributed by atoms with Crippen molar-refractivity contribution in [3.05, 3.63) is 35.5 Å². The smallest absolute Gasteiger partial charge is 0.216 e. The molecule has 1 heterocycles. The van der Waals surface area contributed by atoms with Crippen LogP contribution >= 0.6 is 0 Å². The highest BCUT2D eigenvalue weighted by Crippen LogP contribution is 2.44. The van der Waals surface area contributed by atoms with Gasteiger partial charge in [0.2, 0.25) is 5.91 Å². The average molecular weight is 403 g/mol. The molecule has 1 unspecified atom stereocenters. The second kappa shape index (κ2) is 10.1. The molecule has 1 amide bonds. The highest BCUT2D eigenvalue weighted by molar-refractivity contribution is 5.72. The molecule has 5 nitrogen and oxygen atoms in total. The lowest BCUT2D eigenvalue weighted by Crippen LogP contribution is -2.53. The van der Waals surface area contributed by atoms with E-state index >= 15 is 0 Å². The van der Waals surface area contributed by atoms with Crippen molar-refractivity contribution in [3.63, 3.8) is 0 Å². The first-order chi connectivity index (χ1) is 14.0. The van der Waals surface area contributed by atoms with Gasteiger partial charge in [-0.05, 0) is 55.7 Å². The minimum absolute atomic E-state index is 0.0253.